The molecule has 0 saturated carbocycles. The van der Waals surface area contributed by atoms with Crippen molar-refractivity contribution in [2.75, 3.05) is 31.7 Å². The van der Waals surface area contributed by atoms with Gasteiger partial charge in [0.25, 0.3) is 0 Å². The standard InChI is InChI=1S/C23H37N3O2Si/c1-23(2,3)29(4,5)28-17-9-15-25-14-8-11-20(18-25)22(27)24-26-16-13-19-10-6-7-12-21(19)26/h6-7,10,12-13,16,20H,8-9,11,14-15,17-18H2,1-5H3,(H,24,27). The molecule has 1 aliphatic heterocycles. The van der Waals surface area contributed by atoms with Crippen LogP contribution in [0.1, 0.15) is 40.0 Å². The van der Waals surface area contributed by atoms with Gasteiger partial charge in [-0.25, -0.2) is 0 Å². The zero-order valence-corrected chi connectivity index (χ0v) is 19.7. The van der Waals surface area contributed by atoms with Gasteiger partial charge in [0.2, 0.25) is 5.91 Å². The molecule has 1 amide bonds. The SMILES string of the molecule is CC(C)(C)[Si](C)(C)OCCCN1CCCC(C(=O)Nn2ccc3ccccc32)C1. The maximum Gasteiger partial charge on any atom is 0.243 e. The zero-order chi connectivity index (χ0) is 21.1. The molecule has 0 spiro atoms. The van der Waals surface area contributed by atoms with E-state index in [-0.39, 0.29) is 16.9 Å². The van der Waals surface area contributed by atoms with Crippen molar-refractivity contribution in [3.63, 3.8) is 0 Å². The highest BCUT2D eigenvalue weighted by Gasteiger charge is 2.36. The number of hydrogen-bond donors (Lipinski definition) is 1. The number of carbonyl (C=O) groups is 1. The minimum atomic E-state index is -1.67. The summed E-state index contributed by atoms with van der Waals surface area (Å²) in [6, 6.07) is 10.1. The molecular formula is C23H37N3O2Si. The Morgan fingerprint density at radius 2 is 2.00 bits per heavy atom. The van der Waals surface area contributed by atoms with Gasteiger partial charge < -0.3 is 9.33 Å². The van der Waals surface area contributed by atoms with E-state index in [4.69, 9.17) is 4.43 Å². The van der Waals surface area contributed by atoms with Crippen LogP contribution in [0.5, 0.6) is 0 Å². The Morgan fingerprint density at radius 1 is 1.24 bits per heavy atom. The smallest absolute Gasteiger partial charge is 0.243 e. The van der Waals surface area contributed by atoms with Gasteiger partial charge in [-0.15, -0.1) is 0 Å². The van der Waals surface area contributed by atoms with Crippen molar-refractivity contribution in [1.29, 1.82) is 0 Å². The van der Waals surface area contributed by atoms with E-state index < -0.39 is 8.32 Å². The van der Waals surface area contributed by atoms with Crippen LogP contribution in [0.4, 0.5) is 0 Å². The molecule has 0 aliphatic carbocycles. The van der Waals surface area contributed by atoms with E-state index in [1.807, 2.05) is 35.1 Å². The summed E-state index contributed by atoms with van der Waals surface area (Å²) in [6.07, 6.45) is 5.00. The number of aromatic nitrogens is 1. The van der Waals surface area contributed by atoms with E-state index in [2.05, 4.69) is 50.3 Å². The highest BCUT2D eigenvalue weighted by molar-refractivity contribution is 6.74. The summed E-state index contributed by atoms with van der Waals surface area (Å²) >= 11 is 0. The van der Waals surface area contributed by atoms with E-state index in [0.717, 1.165) is 56.4 Å². The summed E-state index contributed by atoms with van der Waals surface area (Å²) in [6.45, 7) is 15.2. The number of nitrogens with zero attached hydrogens (tertiary/aromatic N) is 2. The van der Waals surface area contributed by atoms with Crippen LogP contribution in [0, 0.1) is 5.92 Å². The Hall–Kier alpha value is -1.63. The van der Waals surface area contributed by atoms with E-state index in [0.29, 0.717) is 0 Å². The second-order valence-electron chi connectivity index (χ2n) is 9.82. The van der Waals surface area contributed by atoms with Gasteiger partial charge in [-0.3, -0.25) is 14.9 Å². The number of piperidine rings is 1. The lowest BCUT2D eigenvalue weighted by Crippen LogP contribution is -2.43. The molecule has 6 heteroatoms. The van der Waals surface area contributed by atoms with Crippen LogP contribution in [-0.2, 0) is 9.22 Å². The maximum absolute atomic E-state index is 12.8. The fourth-order valence-electron chi connectivity index (χ4n) is 3.70. The van der Waals surface area contributed by atoms with Crippen LogP contribution in [-0.4, -0.2) is 50.0 Å². The summed E-state index contributed by atoms with van der Waals surface area (Å²) in [5, 5.41) is 1.39. The molecule has 1 aliphatic rings. The van der Waals surface area contributed by atoms with Crippen LogP contribution in [0.25, 0.3) is 10.9 Å². The topological polar surface area (TPSA) is 46.5 Å². The summed E-state index contributed by atoms with van der Waals surface area (Å²) < 4.78 is 8.15. The quantitative estimate of drug-likeness (QED) is 0.520. The van der Waals surface area contributed by atoms with E-state index in [1.165, 1.54) is 0 Å². The maximum atomic E-state index is 12.8. The number of benzene rings is 1. The Morgan fingerprint density at radius 3 is 2.76 bits per heavy atom. The number of amides is 1. The Bertz CT molecular complexity index is 825. The summed E-state index contributed by atoms with van der Waals surface area (Å²) in [5.41, 5.74) is 4.13. The summed E-state index contributed by atoms with van der Waals surface area (Å²) in [4.78, 5) is 15.3. The average molecular weight is 416 g/mol. The van der Waals surface area contributed by atoms with Crippen LogP contribution in [0.3, 0.4) is 0 Å². The Kier molecular flexibility index (Phi) is 6.86. The fourth-order valence-corrected chi connectivity index (χ4v) is 4.78. The van der Waals surface area contributed by atoms with Crippen LogP contribution >= 0.6 is 0 Å². The van der Waals surface area contributed by atoms with Crippen LogP contribution in [0.15, 0.2) is 36.5 Å². The minimum Gasteiger partial charge on any atom is -0.417 e. The van der Waals surface area contributed by atoms with Crippen molar-refractivity contribution >= 4 is 25.1 Å². The number of para-hydroxylation sites is 1. The molecule has 1 aromatic heterocycles. The third kappa shape index (κ3) is 5.50. The molecule has 1 N–H and O–H groups in total. The normalized spacial score (nSPS) is 18.9. The van der Waals surface area contributed by atoms with Gasteiger partial charge in [0.15, 0.2) is 8.32 Å². The predicted octanol–water partition coefficient (Wildman–Crippen LogP) is 4.84. The van der Waals surface area contributed by atoms with E-state index >= 15 is 0 Å². The number of rotatable bonds is 7. The first-order valence-corrected chi connectivity index (χ1v) is 13.8. The molecular weight excluding hydrogens is 378 g/mol. The number of likely N-dealkylation sites (tertiary alicyclic amines) is 1. The second-order valence-corrected chi connectivity index (χ2v) is 14.6. The van der Waals surface area contributed by atoms with Gasteiger partial charge in [-0.2, -0.15) is 0 Å². The van der Waals surface area contributed by atoms with Gasteiger partial charge in [0, 0.05) is 31.3 Å². The molecule has 160 valence electrons. The van der Waals surface area contributed by atoms with Gasteiger partial charge in [-0.1, -0.05) is 39.0 Å². The first kappa shape index (κ1) is 22.1. The molecule has 1 saturated heterocycles. The minimum absolute atomic E-state index is 0.0474. The van der Waals surface area contributed by atoms with Crippen molar-refractivity contribution in [3.05, 3.63) is 36.5 Å². The van der Waals surface area contributed by atoms with Gasteiger partial charge in [0.05, 0.1) is 11.4 Å². The van der Waals surface area contributed by atoms with Gasteiger partial charge in [0.1, 0.15) is 0 Å². The largest absolute Gasteiger partial charge is 0.417 e. The highest BCUT2D eigenvalue weighted by Crippen LogP contribution is 2.36. The Labute approximate surface area is 176 Å². The lowest BCUT2D eigenvalue weighted by Gasteiger charge is -2.36. The molecule has 1 aromatic carbocycles. The molecule has 0 bridgehead atoms. The Balaban J connectivity index is 1.47. The van der Waals surface area contributed by atoms with E-state index in [1.54, 1.807) is 0 Å². The molecule has 2 heterocycles. The number of hydrogen-bond acceptors (Lipinski definition) is 3. The van der Waals surface area contributed by atoms with Gasteiger partial charge in [-0.05, 0) is 56.1 Å². The average Bonchev–Trinajstić information content (AvgIpc) is 3.07. The summed E-state index contributed by atoms with van der Waals surface area (Å²) in [7, 11) is -1.67. The van der Waals surface area contributed by atoms with Crippen molar-refractivity contribution in [3.8, 4) is 0 Å². The molecule has 0 radical (unpaired) electrons. The molecule has 3 rings (SSSR count). The lowest BCUT2D eigenvalue weighted by atomic mass is 9.97. The van der Waals surface area contributed by atoms with E-state index in [9.17, 15) is 4.79 Å². The van der Waals surface area contributed by atoms with Crippen molar-refractivity contribution in [1.82, 2.24) is 9.58 Å². The van der Waals surface area contributed by atoms with Crippen molar-refractivity contribution < 1.29 is 9.22 Å². The first-order chi connectivity index (χ1) is 13.7. The van der Waals surface area contributed by atoms with Crippen LogP contribution in [0.2, 0.25) is 18.1 Å². The summed E-state index contributed by atoms with van der Waals surface area (Å²) in [5.74, 6) is 0.166. The first-order valence-electron chi connectivity index (χ1n) is 10.9. The number of fused-ring (bicyclic) bond motifs is 1. The molecule has 1 unspecified atom stereocenters. The molecule has 5 nitrogen and oxygen atoms in total. The fraction of sp³-hybridized carbons (Fsp3) is 0.609. The lowest BCUT2D eigenvalue weighted by molar-refractivity contribution is -0.122. The van der Waals surface area contributed by atoms with Crippen LogP contribution < -0.4 is 5.43 Å². The zero-order valence-electron chi connectivity index (χ0n) is 18.7. The van der Waals surface area contributed by atoms with Crippen molar-refractivity contribution in [2.24, 2.45) is 5.92 Å². The number of nitrogens with one attached hydrogen (secondary N) is 1. The third-order valence-electron chi connectivity index (χ3n) is 6.59. The molecule has 1 fully saturated rings. The monoisotopic (exact) mass is 415 g/mol. The van der Waals surface area contributed by atoms with Crippen molar-refractivity contribution in [2.45, 2.75) is 58.2 Å². The molecule has 1 atom stereocenters. The third-order valence-corrected chi connectivity index (χ3v) is 11.1. The van der Waals surface area contributed by atoms with Gasteiger partial charge >= 0.3 is 0 Å². The second kappa shape index (κ2) is 9.02. The molecule has 2 aromatic rings. The number of carbonyl (C=O) groups excluding carboxylic acids is 1. The highest BCUT2D eigenvalue weighted by atomic mass is 28.4. The molecule has 29 heavy (non-hydrogen) atoms. The predicted molar refractivity (Wildman–Crippen MR) is 123 cm³/mol.